The first-order valence-electron chi connectivity index (χ1n) is 6.70. The van der Waals surface area contributed by atoms with Crippen LogP contribution in [0.4, 0.5) is 0 Å². The monoisotopic (exact) mass is 242 g/mol. The van der Waals surface area contributed by atoms with Crippen LogP contribution < -0.4 is 0 Å². The highest BCUT2D eigenvalue weighted by Crippen LogP contribution is 2.09. The molecule has 4 nitrogen and oxygen atoms in total. The molecule has 0 aromatic rings. The lowest BCUT2D eigenvalue weighted by atomic mass is 10.1. The molecule has 0 aromatic carbocycles. The second-order valence-corrected chi connectivity index (χ2v) is 5.43. The maximum Gasteiger partial charge on any atom is 0.320 e. The van der Waals surface area contributed by atoms with Crippen molar-refractivity contribution in [2.75, 3.05) is 32.7 Å². The summed E-state index contributed by atoms with van der Waals surface area (Å²) in [6.45, 7) is 11.2. The third kappa shape index (κ3) is 5.04. The Morgan fingerprint density at radius 2 is 1.76 bits per heavy atom. The van der Waals surface area contributed by atoms with Gasteiger partial charge in [-0.3, -0.25) is 9.69 Å². The topological polar surface area (TPSA) is 43.8 Å². The number of carboxylic acid groups (broad SMARTS) is 1. The quantitative estimate of drug-likeness (QED) is 0.767. The zero-order valence-electron chi connectivity index (χ0n) is 11.4. The largest absolute Gasteiger partial charge is 0.480 e. The van der Waals surface area contributed by atoms with Gasteiger partial charge in [-0.2, -0.15) is 0 Å². The van der Waals surface area contributed by atoms with E-state index in [0.29, 0.717) is 0 Å². The normalized spacial score (nSPS) is 20.7. The van der Waals surface area contributed by atoms with Crippen LogP contribution >= 0.6 is 0 Å². The van der Waals surface area contributed by atoms with E-state index in [0.717, 1.165) is 38.6 Å². The number of hydrogen-bond donors (Lipinski definition) is 1. The van der Waals surface area contributed by atoms with Crippen LogP contribution in [-0.4, -0.2) is 59.6 Å². The minimum Gasteiger partial charge on any atom is -0.480 e. The second kappa shape index (κ2) is 6.97. The molecule has 0 saturated carbocycles. The summed E-state index contributed by atoms with van der Waals surface area (Å²) in [5, 5.41) is 8.95. The molecule has 0 aromatic heterocycles. The lowest BCUT2D eigenvalue weighted by Gasteiger charge is -2.36. The molecule has 17 heavy (non-hydrogen) atoms. The van der Waals surface area contributed by atoms with Crippen LogP contribution in [0.2, 0.25) is 0 Å². The molecule has 0 radical (unpaired) electrons. The molecule has 1 heterocycles. The van der Waals surface area contributed by atoms with Crippen molar-refractivity contribution in [2.45, 2.75) is 39.7 Å². The van der Waals surface area contributed by atoms with Crippen molar-refractivity contribution < 1.29 is 9.90 Å². The van der Waals surface area contributed by atoms with Crippen LogP contribution in [0.15, 0.2) is 0 Å². The molecule has 1 saturated heterocycles. The van der Waals surface area contributed by atoms with E-state index in [1.807, 2.05) is 0 Å². The number of rotatable bonds is 6. The highest BCUT2D eigenvalue weighted by atomic mass is 16.4. The van der Waals surface area contributed by atoms with Crippen LogP contribution in [0.25, 0.3) is 0 Å². The predicted octanol–water partition coefficient (Wildman–Crippen LogP) is 1.51. The predicted molar refractivity (Wildman–Crippen MR) is 69.2 cm³/mol. The summed E-state index contributed by atoms with van der Waals surface area (Å²) in [6.07, 6.45) is 2.54. The van der Waals surface area contributed by atoms with E-state index in [2.05, 4.69) is 23.6 Å². The summed E-state index contributed by atoms with van der Waals surface area (Å²) in [5.41, 5.74) is 0. The van der Waals surface area contributed by atoms with E-state index in [1.54, 1.807) is 6.92 Å². The van der Waals surface area contributed by atoms with E-state index in [-0.39, 0.29) is 6.04 Å². The molecule has 1 rings (SSSR count). The maximum atomic E-state index is 10.9. The Kier molecular flexibility index (Phi) is 5.92. The second-order valence-electron chi connectivity index (χ2n) is 5.43. The van der Waals surface area contributed by atoms with Gasteiger partial charge < -0.3 is 10.0 Å². The molecule has 4 heteroatoms. The first-order valence-corrected chi connectivity index (χ1v) is 6.70. The fourth-order valence-electron chi connectivity index (χ4n) is 2.25. The average Bonchev–Trinajstić information content (AvgIpc) is 2.28. The molecule has 1 aliphatic heterocycles. The number of carboxylic acids is 1. The highest BCUT2D eigenvalue weighted by molar-refractivity contribution is 5.72. The van der Waals surface area contributed by atoms with Crippen molar-refractivity contribution >= 4 is 5.97 Å². The van der Waals surface area contributed by atoms with Gasteiger partial charge >= 0.3 is 5.97 Å². The molecule has 1 aliphatic rings. The average molecular weight is 242 g/mol. The third-order valence-corrected chi connectivity index (χ3v) is 3.57. The smallest absolute Gasteiger partial charge is 0.320 e. The van der Waals surface area contributed by atoms with Crippen molar-refractivity contribution in [3.05, 3.63) is 0 Å². The third-order valence-electron chi connectivity index (χ3n) is 3.57. The van der Waals surface area contributed by atoms with Gasteiger partial charge in [-0.1, -0.05) is 13.8 Å². The minimum atomic E-state index is -0.710. The number of piperazine rings is 1. The lowest BCUT2D eigenvalue weighted by Crippen LogP contribution is -2.51. The fraction of sp³-hybridized carbons (Fsp3) is 0.923. The van der Waals surface area contributed by atoms with Crippen molar-refractivity contribution in [1.82, 2.24) is 9.80 Å². The molecule has 100 valence electrons. The molecule has 1 atom stereocenters. The summed E-state index contributed by atoms with van der Waals surface area (Å²) >= 11 is 0. The lowest BCUT2D eigenvalue weighted by molar-refractivity contribution is -0.143. The Balaban J connectivity index is 2.19. The molecular weight excluding hydrogens is 216 g/mol. The first-order chi connectivity index (χ1) is 8.00. The molecule has 1 N–H and O–H groups in total. The van der Waals surface area contributed by atoms with E-state index >= 15 is 0 Å². The van der Waals surface area contributed by atoms with Crippen molar-refractivity contribution in [2.24, 2.45) is 5.92 Å². The number of nitrogens with zero attached hydrogens (tertiary/aromatic N) is 2. The summed E-state index contributed by atoms with van der Waals surface area (Å²) in [5.74, 6) is 0.0709. The summed E-state index contributed by atoms with van der Waals surface area (Å²) in [4.78, 5) is 15.4. The van der Waals surface area contributed by atoms with Crippen molar-refractivity contribution in [1.29, 1.82) is 0 Å². The zero-order chi connectivity index (χ0) is 12.8. The van der Waals surface area contributed by atoms with E-state index in [9.17, 15) is 4.79 Å². The van der Waals surface area contributed by atoms with Crippen molar-refractivity contribution in [3.8, 4) is 0 Å². The highest BCUT2D eigenvalue weighted by Gasteiger charge is 2.24. The number of carbonyl (C=O) groups is 1. The van der Waals surface area contributed by atoms with Crippen LogP contribution in [0, 0.1) is 5.92 Å². The Bertz CT molecular complexity index is 236. The van der Waals surface area contributed by atoms with Gasteiger partial charge in [0.2, 0.25) is 0 Å². The first kappa shape index (κ1) is 14.5. The van der Waals surface area contributed by atoms with Gasteiger partial charge in [0.05, 0.1) is 0 Å². The minimum absolute atomic E-state index is 0.340. The van der Waals surface area contributed by atoms with Gasteiger partial charge in [0.1, 0.15) is 6.04 Å². The summed E-state index contributed by atoms with van der Waals surface area (Å²) in [6, 6.07) is -0.340. The molecule has 1 unspecified atom stereocenters. The molecule has 0 aliphatic carbocycles. The maximum absolute atomic E-state index is 10.9. The fourth-order valence-corrected chi connectivity index (χ4v) is 2.25. The van der Waals surface area contributed by atoms with E-state index in [1.165, 1.54) is 12.8 Å². The molecule has 0 bridgehead atoms. The molecular formula is C13H26N2O2. The van der Waals surface area contributed by atoms with Gasteiger partial charge in [-0.15, -0.1) is 0 Å². The van der Waals surface area contributed by atoms with E-state index in [4.69, 9.17) is 5.11 Å². The van der Waals surface area contributed by atoms with Crippen LogP contribution in [-0.2, 0) is 4.79 Å². The van der Waals surface area contributed by atoms with Gasteiger partial charge in [0.25, 0.3) is 0 Å². The summed E-state index contributed by atoms with van der Waals surface area (Å²) < 4.78 is 0. The standard InChI is InChI=1S/C13H26N2O2/c1-11(2)5-4-6-14-7-9-15(10-8-14)12(3)13(16)17/h11-12H,4-10H2,1-3H3,(H,16,17). The van der Waals surface area contributed by atoms with Gasteiger partial charge in [0, 0.05) is 26.2 Å². The van der Waals surface area contributed by atoms with Crippen LogP contribution in [0.5, 0.6) is 0 Å². The zero-order valence-corrected chi connectivity index (χ0v) is 11.4. The Morgan fingerprint density at radius 3 is 2.24 bits per heavy atom. The number of aliphatic carboxylic acids is 1. The van der Waals surface area contributed by atoms with Crippen LogP contribution in [0.3, 0.4) is 0 Å². The Labute approximate surface area is 105 Å². The van der Waals surface area contributed by atoms with E-state index < -0.39 is 5.97 Å². The molecule has 0 amide bonds. The molecule has 1 fully saturated rings. The van der Waals surface area contributed by atoms with Gasteiger partial charge in [-0.05, 0) is 32.2 Å². The van der Waals surface area contributed by atoms with Crippen LogP contribution in [0.1, 0.15) is 33.6 Å². The Morgan fingerprint density at radius 1 is 1.18 bits per heavy atom. The Hall–Kier alpha value is -0.610. The van der Waals surface area contributed by atoms with Crippen molar-refractivity contribution in [3.63, 3.8) is 0 Å². The number of hydrogen-bond acceptors (Lipinski definition) is 3. The molecule has 0 spiro atoms. The van der Waals surface area contributed by atoms with Gasteiger partial charge in [-0.25, -0.2) is 0 Å². The van der Waals surface area contributed by atoms with Gasteiger partial charge in [0.15, 0.2) is 0 Å². The SMILES string of the molecule is CC(C)CCCN1CCN(C(C)C(=O)O)CC1. The summed E-state index contributed by atoms with van der Waals surface area (Å²) in [7, 11) is 0.